The third kappa shape index (κ3) is 4.06. The molecule has 10 heteroatoms. The Kier molecular flexibility index (Phi) is 5.88. The Morgan fingerprint density at radius 2 is 1.97 bits per heavy atom. The second-order valence-electron chi connectivity index (χ2n) is 8.41. The molecule has 0 N–H and O–H groups in total. The van der Waals surface area contributed by atoms with Gasteiger partial charge in [0.2, 0.25) is 15.7 Å². The first-order chi connectivity index (χ1) is 15.3. The van der Waals surface area contributed by atoms with E-state index in [1.165, 1.54) is 25.3 Å². The minimum absolute atomic E-state index is 0.0708. The van der Waals surface area contributed by atoms with Crippen LogP contribution in [0.25, 0.3) is 11.0 Å². The van der Waals surface area contributed by atoms with Crippen LogP contribution in [-0.2, 0) is 26.5 Å². The summed E-state index contributed by atoms with van der Waals surface area (Å²) in [4.78, 5) is 4.78. The van der Waals surface area contributed by atoms with Crippen molar-refractivity contribution in [3.63, 3.8) is 0 Å². The first kappa shape index (κ1) is 22.2. The summed E-state index contributed by atoms with van der Waals surface area (Å²) in [6, 6.07) is 9.97. The molecule has 4 rings (SSSR count). The molecule has 0 spiro atoms. The van der Waals surface area contributed by atoms with Crippen molar-refractivity contribution in [3.8, 4) is 11.9 Å². The van der Waals surface area contributed by atoms with Crippen molar-refractivity contribution >= 4 is 20.9 Å². The minimum atomic E-state index is -3.89. The second-order valence-corrected chi connectivity index (χ2v) is 10.3. The van der Waals surface area contributed by atoms with E-state index in [1.54, 1.807) is 12.1 Å². The average molecular weight is 456 g/mol. The van der Waals surface area contributed by atoms with Crippen molar-refractivity contribution in [1.29, 1.82) is 5.26 Å². The molecule has 0 radical (unpaired) electrons. The summed E-state index contributed by atoms with van der Waals surface area (Å²) in [5, 5.41) is 17.1. The van der Waals surface area contributed by atoms with Gasteiger partial charge in [-0.25, -0.2) is 13.4 Å². The summed E-state index contributed by atoms with van der Waals surface area (Å²) in [6.45, 7) is 5.79. The SMILES string of the molecule is COc1ccc(S(=O)(=O)c2ccc3c(c2)nc(C(C)(C)C#N)n3CC2CCOCC2)nn1. The summed E-state index contributed by atoms with van der Waals surface area (Å²) >= 11 is 0. The van der Waals surface area contributed by atoms with Crippen LogP contribution in [0.4, 0.5) is 0 Å². The smallest absolute Gasteiger partial charge is 0.233 e. The zero-order chi connectivity index (χ0) is 22.9. The Morgan fingerprint density at radius 1 is 1.22 bits per heavy atom. The quantitative estimate of drug-likeness (QED) is 0.556. The van der Waals surface area contributed by atoms with Crippen LogP contribution in [0.5, 0.6) is 5.88 Å². The zero-order valence-corrected chi connectivity index (χ0v) is 19.1. The highest BCUT2D eigenvalue weighted by Gasteiger charge is 2.30. The molecule has 1 aliphatic heterocycles. The van der Waals surface area contributed by atoms with E-state index in [1.807, 2.05) is 13.8 Å². The number of aromatic nitrogens is 4. The normalized spacial score (nSPS) is 15.6. The molecular formula is C22H25N5O4S. The monoisotopic (exact) mass is 455 g/mol. The largest absolute Gasteiger partial charge is 0.480 e. The summed E-state index contributed by atoms with van der Waals surface area (Å²) in [5.74, 6) is 1.27. The standard InChI is InChI=1S/C22H25N5O4S/c1-22(2,14-23)21-24-17-12-16(32(28,29)20-7-6-19(30-3)25-26-20)4-5-18(17)27(21)13-15-8-10-31-11-9-15/h4-7,12,15H,8-11,13H2,1-3H3. The maximum absolute atomic E-state index is 13.1. The molecule has 1 fully saturated rings. The van der Waals surface area contributed by atoms with Crippen LogP contribution in [0.2, 0.25) is 0 Å². The minimum Gasteiger partial charge on any atom is -0.480 e. The molecule has 0 bridgehead atoms. The third-order valence-corrected chi connectivity index (χ3v) is 7.39. The van der Waals surface area contributed by atoms with Crippen molar-refractivity contribution in [2.75, 3.05) is 20.3 Å². The first-order valence-electron chi connectivity index (χ1n) is 10.4. The number of nitriles is 1. The lowest BCUT2D eigenvalue weighted by Gasteiger charge is -2.25. The molecule has 0 unspecified atom stereocenters. The van der Waals surface area contributed by atoms with Gasteiger partial charge in [0.15, 0.2) is 5.03 Å². The summed E-state index contributed by atoms with van der Waals surface area (Å²) in [7, 11) is -2.45. The molecule has 0 saturated carbocycles. The van der Waals surface area contributed by atoms with Crippen LogP contribution in [0.1, 0.15) is 32.5 Å². The van der Waals surface area contributed by atoms with Gasteiger partial charge < -0.3 is 14.0 Å². The molecule has 1 saturated heterocycles. The highest BCUT2D eigenvalue weighted by molar-refractivity contribution is 7.91. The van der Waals surface area contributed by atoms with Crippen molar-refractivity contribution in [3.05, 3.63) is 36.2 Å². The number of nitrogens with zero attached hydrogens (tertiary/aromatic N) is 5. The molecule has 1 aliphatic rings. The van der Waals surface area contributed by atoms with Gasteiger partial charge in [-0.3, -0.25) is 0 Å². The highest BCUT2D eigenvalue weighted by atomic mass is 32.2. The first-order valence-corrected chi connectivity index (χ1v) is 11.9. The predicted octanol–water partition coefficient (Wildman–Crippen LogP) is 2.90. The Morgan fingerprint density at radius 3 is 2.59 bits per heavy atom. The predicted molar refractivity (Wildman–Crippen MR) is 116 cm³/mol. The third-order valence-electron chi connectivity index (χ3n) is 5.75. The topological polar surface area (TPSA) is 120 Å². The van der Waals surface area contributed by atoms with E-state index in [2.05, 4.69) is 20.8 Å². The van der Waals surface area contributed by atoms with Crippen LogP contribution >= 0.6 is 0 Å². The number of imidazole rings is 1. The highest BCUT2D eigenvalue weighted by Crippen LogP contribution is 2.31. The molecule has 1 aromatic carbocycles. The molecule has 3 aromatic rings. The van der Waals surface area contributed by atoms with Gasteiger partial charge in [-0.05, 0) is 56.9 Å². The van der Waals surface area contributed by atoms with Crippen molar-refractivity contribution in [2.24, 2.45) is 5.92 Å². The van der Waals surface area contributed by atoms with E-state index < -0.39 is 15.3 Å². The number of fused-ring (bicyclic) bond motifs is 1. The molecular weight excluding hydrogens is 430 g/mol. The fourth-order valence-corrected chi connectivity index (χ4v) is 5.01. The van der Waals surface area contributed by atoms with E-state index in [0.717, 1.165) is 31.6 Å². The molecule has 168 valence electrons. The van der Waals surface area contributed by atoms with E-state index in [9.17, 15) is 13.7 Å². The molecule has 0 amide bonds. The van der Waals surface area contributed by atoms with E-state index in [-0.39, 0.29) is 15.8 Å². The van der Waals surface area contributed by atoms with Crippen molar-refractivity contribution < 1.29 is 17.9 Å². The average Bonchev–Trinajstić information content (AvgIpc) is 3.18. The Labute approximate surface area is 186 Å². The fraction of sp³-hybridized carbons (Fsp3) is 0.455. The van der Waals surface area contributed by atoms with Gasteiger partial charge in [-0.2, -0.15) is 5.26 Å². The molecule has 3 heterocycles. The van der Waals surface area contributed by atoms with Crippen LogP contribution in [0.15, 0.2) is 40.3 Å². The van der Waals surface area contributed by atoms with Gasteiger partial charge in [0, 0.05) is 25.8 Å². The Balaban J connectivity index is 1.79. The lowest BCUT2D eigenvalue weighted by atomic mass is 9.93. The summed E-state index contributed by atoms with van der Waals surface area (Å²) in [6.07, 6.45) is 1.88. The number of sulfone groups is 1. The lowest BCUT2D eigenvalue weighted by molar-refractivity contribution is 0.0612. The van der Waals surface area contributed by atoms with Crippen LogP contribution < -0.4 is 4.74 Å². The summed E-state index contributed by atoms with van der Waals surface area (Å²) in [5.41, 5.74) is 0.498. The van der Waals surface area contributed by atoms with Gasteiger partial charge in [-0.1, -0.05) is 0 Å². The van der Waals surface area contributed by atoms with Crippen molar-refractivity contribution in [2.45, 2.75) is 48.6 Å². The van der Waals surface area contributed by atoms with E-state index >= 15 is 0 Å². The number of methoxy groups -OCH3 is 1. The zero-order valence-electron chi connectivity index (χ0n) is 18.3. The van der Waals surface area contributed by atoms with E-state index in [0.29, 0.717) is 23.8 Å². The molecule has 0 aliphatic carbocycles. The molecule has 32 heavy (non-hydrogen) atoms. The molecule has 2 aromatic heterocycles. The van der Waals surface area contributed by atoms with Crippen LogP contribution in [0, 0.1) is 17.2 Å². The maximum Gasteiger partial charge on any atom is 0.233 e. The van der Waals surface area contributed by atoms with Crippen molar-refractivity contribution in [1.82, 2.24) is 19.7 Å². The molecule has 9 nitrogen and oxygen atoms in total. The second kappa shape index (κ2) is 8.48. The number of hydrogen-bond donors (Lipinski definition) is 0. The Bertz CT molecular complexity index is 1270. The van der Waals surface area contributed by atoms with Gasteiger partial charge in [-0.15, -0.1) is 10.2 Å². The van der Waals surface area contributed by atoms with Gasteiger partial charge in [0.1, 0.15) is 11.2 Å². The van der Waals surface area contributed by atoms with Crippen LogP contribution in [-0.4, -0.2) is 48.5 Å². The number of rotatable bonds is 6. The van der Waals surface area contributed by atoms with Gasteiger partial charge in [0.25, 0.3) is 0 Å². The van der Waals surface area contributed by atoms with Gasteiger partial charge in [0.05, 0.1) is 29.1 Å². The number of ether oxygens (including phenoxy) is 2. The number of benzene rings is 1. The Hall–Kier alpha value is -3.03. The van der Waals surface area contributed by atoms with Crippen LogP contribution in [0.3, 0.4) is 0 Å². The fourth-order valence-electron chi connectivity index (χ4n) is 3.86. The summed E-state index contributed by atoms with van der Waals surface area (Å²) < 4.78 is 38.7. The molecule has 0 atom stereocenters. The maximum atomic E-state index is 13.1. The lowest BCUT2D eigenvalue weighted by Crippen LogP contribution is -2.26. The van der Waals surface area contributed by atoms with Gasteiger partial charge >= 0.3 is 0 Å². The number of hydrogen-bond acceptors (Lipinski definition) is 8. The van der Waals surface area contributed by atoms with E-state index in [4.69, 9.17) is 14.5 Å².